The number of benzene rings is 2. The highest BCUT2D eigenvalue weighted by molar-refractivity contribution is 7.92. The van der Waals surface area contributed by atoms with Crippen LogP contribution >= 0.6 is 23.2 Å². The maximum Gasteiger partial charge on any atom is 0.232 e. The van der Waals surface area contributed by atoms with Crippen molar-refractivity contribution in [2.24, 2.45) is 5.73 Å². The zero-order chi connectivity index (χ0) is 16.3. The largest absolute Gasteiger partial charge is 0.326 e. The molecule has 0 saturated heterocycles. The van der Waals surface area contributed by atoms with E-state index in [4.69, 9.17) is 28.9 Å². The van der Waals surface area contributed by atoms with Gasteiger partial charge in [0.2, 0.25) is 10.0 Å². The molecule has 0 aliphatic rings. The van der Waals surface area contributed by atoms with Crippen LogP contribution in [0, 0.1) is 0 Å². The lowest BCUT2D eigenvalue weighted by atomic mass is 10.2. The first-order valence-electron chi connectivity index (χ1n) is 6.52. The lowest BCUT2D eigenvalue weighted by Crippen LogP contribution is -2.29. The molecule has 2 aromatic rings. The van der Waals surface area contributed by atoms with E-state index in [1.54, 1.807) is 42.5 Å². The van der Waals surface area contributed by atoms with Crippen LogP contribution < -0.4 is 10.0 Å². The third-order valence-electron chi connectivity index (χ3n) is 3.21. The van der Waals surface area contributed by atoms with Gasteiger partial charge in [-0.05, 0) is 29.3 Å². The molecule has 4 nitrogen and oxygen atoms in total. The molecule has 0 bridgehead atoms. The van der Waals surface area contributed by atoms with Crippen molar-refractivity contribution in [1.82, 2.24) is 0 Å². The maximum atomic E-state index is 12.1. The fraction of sp³-hybridized carbons (Fsp3) is 0.200. The summed E-state index contributed by atoms with van der Waals surface area (Å²) in [7, 11) is -3.46. The molecule has 2 N–H and O–H groups in total. The Morgan fingerprint density at radius 1 is 1.09 bits per heavy atom. The van der Waals surface area contributed by atoms with E-state index in [0.717, 1.165) is 11.8 Å². The molecule has 0 aliphatic carbocycles. The predicted molar refractivity (Wildman–Crippen MR) is 91.8 cm³/mol. The Bertz CT molecular complexity index is 762. The smallest absolute Gasteiger partial charge is 0.232 e. The number of hydrogen-bond acceptors (Lipinski definition) is 3. The van der Waals surface area contributed by atoms with Crippen LogP contribution in [-0.4, -0.2) is 14.7 Å². The van der Waals surface area contributed by atoms with Crippen molar-refractivity contribution in [2.45, 2.75) is 13.1 Å². The second-order valence-electron chi connectivity index (χ2n) is 4.85. The molecule has 0 heterocycles. The van der Waals surface area contributed by atoms with E-state index >= 15 is 0 Å². The first kappa shape index (κ1) is 17.1. The molecular formula is C15H16Cl2N2O2S. The molecule has 2 rings (SSSR count). The number of halogens is 2. The third kappa shape index (κ3) is 3.93. The number of rotatable bonds is 5. The highest BCUT2D eigenvalue weighted by atomic mass is 35.5. The van der Waals surface area contributed by atoms with E-state index in [0.29, 0.717) is 27.8 Å². The minimum Gasteiger partial charge on any atom is -0.326 e. The Morgan fingerprint density at radius 3 is 2.27 bits per heavy atom. The molecule has 0 radical (unpaired) electrons. The van der Waals surface area contributed by atoms with Gasteiger partial charge in [-0.3, -0.25) is 4.31 Å². The minimum atomic E-state index is -3.46. The van der Waals surface area contributed by atoms with Crippen LogP contribution in [0.25, 0.3) is 0 Å². The van der Waals surface area contributed by atoms with Gasteiger partial charge in [-0.25, -0.2) is 8.42 Å². The maximum absolute atomic E-state index is 12.1. The van der Waals surface area contributed by atoms with Gasteiger partial charge in [0, 0.05) is 6.54 Å². The Balaban J connectivity index is 2.41. The second kappa shape index (κ2) is 6.87. The minimum absolute atomic E-state index is 0.111. The molecule has 7 heteroatoms. The quantitative estimate of drug-likeness (QED) is 0.890. The van der Waals surface area contributed by atoms with Gasteiger partial charge in [0.15, 0.2) is 0 Å². The van der Waals surface area contributed by atoms with Gasteiger partial charge in [0.1, 0.15) is 0 Å². The van der Waals surface area contributed by atoms with Crippen molar-refractivity contribution in [2.75, 3.05) is 10.6 Å². The summed E-state index contributed by atoms with van der Waals surface area (Å²) in [5.41, 5.74) is 7.68. The average molecular weight is 359 g/mol. The molecule has 22 heavy (non-hydrogen) atoms. The van der Waals surface area contributed by atoms with E-state index < -0.39 is 10.0 Å². The van der Waals surface area contributed by atoms with Gasteiger partial charge in [0.05, 0.1) is 28.5 Å². The average Bonchev–Trinajstić information content (AvgIpc) is 2.48. The summed E-state index contributed by atoms with van der Waals surface area (Å²) >= 11 is 12.1. The number of anilines is 1. The summed E-state index contributed by atoms with van der Waals surface area (Å²) in [6, 6.07) is 12.2. The number of nitrogens with two attached hydrogens (primary N) is 1. The Labute approximate surface area is 140 Å². The van der Waals surface area contributed by atoms with E-state index in [9.17, 15) is 8.42 Å². The van der Waals surface area contributed by atoms with Crippen molar-refractivity contribution in [1.29, 1.82) is 0 Å². The molecule has 0 saturated carbocycles. The molecular weight excluding hydrogens is 343 g/mol. The fourth-order valence-corrected chi connectivity index (χ4v) is 3.28. The standard InChI is InChI=1S/C15H16Cl2N2O2S/c1-22(20,21)19(13-7-5-11(9-18)6-8-13)10-12-3-2-4-14(16)15(12)17/h2-8H,9-10,18H2,1H3. The number of hydrogen-bond donors (Lipinski definition) is 1. The van der Waals surface area contributed by atoms with Crippen molar-refractivity contribution in [3.8, 4) is 0 Å². The van der Waals surface area contributed by atoms with Gasteiger partial charge >= 0.3 is 0 Å². The van der Waals surface area contributed by atoms with Crippen LogP contribution in [-0.2, 0) is 23.1 Å². The van der Waals surface area contributed by atoms with Gasteiger partial charge in [-0.2, -0.15) is 0 Å². The Morgan fingerprint density at radius 2 is 1.73 bits per heavy atom. The molecule has 0 spiro atoms. The van der Waals surface area contributed by atoms with Crippen LogP contribution in [0.4, 0.5) is 5.69 Å². The van der Waals surface area contributed by atoms with Crippen molar-refractivity contribution in [3.05, 3.63) is 63.6 Å². The SMILES string of the molecule is CS(=O)(=O)N(Cc1cccc(Cl)c1Cl)c1ccc(CN)cc1. The normalized spacial score (nSPS) is 11.5. The highest BCUT2D eigenvalue weighted by Crippen LogP contribution is 2.29. The van der Waals surface area contributed by atoms with Crippen LogP contribution in [0.3, 0.4) is 0 Å². The van der Waals surface area contributed by atoms with E-state index in [1.807, 2.05) is 0 Å². The highest BCUT2D eigenvalue weighted by Gasteiger charge is 2.19. The first-order valence-corrected chi connectivity index (χ1v) is 9.13. The van der Waals surface area contributed by atoms with Crippen molar-refractivity contribution < 1.29 is 8.42 Å². The van der Waals surface area contributed by atoms with Crippen LogP contribution in [0.15, 0.2) is 42.5 Å². The van der Waals surface area contributed by atoms with E-state index in [2.05, 4.69) is 0 Å². The number of sulfonamides is 1. The lowest BCUT2D eigenvalue weighted by molar-refractivity contribution is 0.596. The van der Waals surface area contributed by atoms with Gasteiger partial charge in [0.25, 0.3) is 0 Å². The topological polar surface area (TPSA) is 63.4 Å². The fourth-order valence-electron chi connectivity index (χ4n) is 2.02. The summed E-state index contributed by atoms with van der Waals surface area (Å²) in [4.78, 5) is 0. The van der Waals surface area contributed by atoms with Gasteiger partial charge in [-0.15, -0.1) is 0 Å². The lowest BCUT2D eigenvalue weighted by Gasteiger charge is -2.23. The van der Waals surface area contributed by atoms with Crippen LogP contribution in [0.2, 0.25) is 10.0 Å². The molecule has 2 aromatic carbocycles. The summed E-state index contributed by atoms with van der Waals surface area (Å²) in [5.74, 6) is 0. The third-order valence-corrected chi connectivity index (χ3v) is 5.20. The van der Waals surface area contributed by atoms with Gasteiger partial charge < -0.3 is 5.73 Å². The molecule has 0 atom stereocenters. The molecule has 0 fully saturated rings. The first-order chi connectivity index (χ1) is 10.3. The zero-order valence-corrected chi connectivity index (χ0v) is 14.3. The molecule has 0 unspecified atom stereocenters. The van der Waals surface area contributed by atoms with Crippen molar-refractivity contribution >= 4 is 38.9 Å². The van der Waals surface area contributed by atoms with Gasteiger partial charge in [-0.1, -0.05) is 47.5 Å². The summed E-state index contributed by atoms with van der Waals surface area (Å²) in [6.07, 6.45) is 1.16. The Hall–Kier alpha value is -1.27. The van der Waals surface area contributed by atoms with E-state index in [-0.39, 0.29) is 6.54 Å². The van der Waals surface area contributed by atoms with E-state index in [1.165, 1.54) is 4.31 Å². The molecule has 0 aromatic heterocycles. The second-order valence-corrected chi connectivity index (χ2v) is 7.55. The monoisotopic (exact) mass is 358 g/mol. The molecule has 0 amide bonds. The molecule has 0 aliphatic heterocycles. The van der Waals surface area contributed by atoms with Crippen LogP contribution in [0.1, 0.15) is 11.1 Å². The summed E-state index contributed by atoms with van der Waals surface area (Å²) in [6.45, 7) is 0.513. The predicted octanol–water partition coefficient (Wildman–Crippen LogP) is 3.42. The zero-order valence-electron chi connectivity index (χ0n) is 12.0. The Kier molecular flexibility index (Phi) is 5.34. The van der Waals surface area contributed by atoms with Crippen LogP contribution in [0.5, 0.6) is 0 Å². The van der Waals surface area contributed by atoms with Crippen molar-refractivity contribution in [3.63, 3.8) is 0 Å². The molecule has 118 valence electrons. The number of nitrogens with zero attached hydrogens (tertiary/aromatic N) is 1. The summed E-state index contributed by atoms with van der Waals surface area (Å²) in [5, 5.41) is 0.752. The summed E-state index contributed by atoms with van der Waals surface area (Å²) < 4.78 is 25.5.